The third-order valence-corrected chi connectivity index (χ3v) is 3.32. The fourth-order valence-electron chi connectivity index (χ4n) is 2.37. The zero-order chi connectivity index (χ0) is 11.0. The van der Waals surface area contributed by atoms with Crippen molar-refractivity contribution in [3.63, 3.8) is 0 Å². The molecule has 1 unspecified atom stereocenters. The molecule has 0 spiro atoms. The minimum absolute atomic E-state index is 0.151. The summed E-state index contributed by atoms with van der Waals surface area (Å²) in [5.41, 5.74) is 0.674. The second kappa shape index (κ2) is 3.90. The number of aromatic nitrogens is 2. The van der Waals surface area contributed by atoms with Gasteiger partial charge in [0.15, 0.2) is 0 Å². The Balaban J connectivity index is 1.61. The first-order chi connectivity index (χ1) is 7.81. The van der Waals surface area contributed by atoms with Gasteiger partial charge in [-0.3, -0.25) is 9.69 Å². The minimum atomic E-state index is -0.151. The fourth-order valence-corrected chi connectivity index (χ4v) is 2.37. The lowest BCUT2D eigenvalue weighted by molar-refractivity contribution is 0.326. The van der Waals surface area contributed by atoms with Crippen molar-refractivity contribution in [1.82, 2.24) is 15.1 Å². The van der Waals surface area contributed by atoms with Gasteiger partial charge in [-0.2, -0.15) is 5.10 Å². The molecule has 2 heterocycles. The minimum Gasteiger partial charge on any atom is -0.380 e. The summed E-state index contributed by atoms with van der Waals surface area (Å²) in [4.78, 5) is 13.6. The van der Waals surface area contributed by atoms with Crippen LogP contribution in [-0.2, 0) is 0 Å². The van der Waals surface area contributed by atoms with Gasteiger partial charge in [0, 0.05) is 31.2 Å². The molecule has 1 atom stereocenters. The first-order valence-corrected chi connectivity index (χ1v) is 5.86. The second-order valence-electron chi connectivity index (χ2n) is 4.69. The first-order valence-electron chi connectivity index (χ1n) is 5.86. The van der Waals surface area contributed by atoms with Gasteiger partial charge in [0.05, 0.1) is 11.9 Å². The Morgan fingerprint density at radius 3 is 3.06 bits per heavy atom. The third-order valence-electron chi connectivity index (χ3n) is 3.32. The van der Waals surface area contributed by atoms with Gasteiger partial charge in [0.2, 0.25) is 0 Å². The SMILES string of the molecule is O=c1cc(NC2CCN(C3CC3)C2)cn[nH]1. The van der Waals surface area contributed by atoms with Crippen molar-refractivity contribution in [2.75, 3.05) is 18.4 Å². The number of hydrogen-bond donors (Lipinski definition) is 2. The number of anilines is 1. The van der Waals surface area contributed by atoms with E-state index in [1.165, 1.54) is 19.4 Å². The van der Waals surface area contributed by atoms with Crippen LogP contribution in [0.4, 0.5) is 5.69 Å². The molecule has 1 aliphatic carbocycles. The van der Waals surface area contributed by atoms with E-state index in [2.05, 4.69) is 20.4 Å². The fraction of sp³-hybridized carbons (Fsp3) is 0.636. The van der Waals surface area contributed by atoms with Gasteiger partial charge in [-0.25, -0.2) is 5.10 Å². The van der Waals surface area contributed by atoms with Crippen molar-refractivity contribution >= 4 is 5.69 Å². The molecule has 2 N–H and O–H groups in total. The molecule has 1 aliphatic heterocycles. The highest BCUT2D eigenvalue weighted by Crippen LogP contribution is 2.30. The normalized spacial score (nSPS) is 25.9. The summed E-state index contributed by atoms with van der Waals surface area (Å²) >= 11 is 0. The topological polar surface area (TPSA) is 61.0 Å². The summed E-state index contributed by atoms with van der Waals surface area (Å²) in [6, 6.07) is 2.86. The van der Waals surface area contributed by atoms with Crippen molar-refractivity contribution in [3.05, 3.63) is 22.6 Å². The summed E-state index contributed by atoms with van der Waals surface area (Å²) < 4.78 is 0. The Kier molecular flexibility index (Phi) is 2.40. The number of likely N-dealkylation sites (tertiary alicyclic amines) is 1. The molecule has 1 aromatic heterocycles. The van der Waals surface area contributed by atoms with Crippen LogP contribution in [0.3, 0.4) is 0 Å². The van der Waals surface area contributed by atoms with E-state index in [0.717, 1.165) is 24.7 Å². The van der Waals surface area contributed by atoms with Gasteiger partial charge >= 0.3 is 0 Å². The Labute approximate surface area is 93.9 Å². The third kappa shape index (κ3) is 2.09. The van der Waals surface area contributed by atoms with Gasteiger partial charge in [0.1, 0.15) is 0 Å². The van der Waals surface area contributed by atoms with Crippen molar-refractivity contribution < 1.29 is 0 Å². The highest BCUT2D eigenvalue weighted by molar-refractivity contribution is 5.40. The van der Waals surface area contributed by atoms with Crippen LogP contribution in [0.2, 0.25) is 0 Å². The van der Waals surface area contributed by atoms with Crippen LogP contribution in [0.5, 0.6) is 0 Å². The van der Waals surface area contributed by atoms with Crippen molar-refractivity contribution in [3.8, 4) is 0 Å². The highest BCUT2D eigenvalue weighted by atomic mass is 16.1. The Morgan fingerprint density at radius 2 is 2.31 bits per heavy atom. The number of aromatic amines is 1. The van der Waals surface area contributed by atoms with Gasteiger partial charge in [-0.05, 0) is 19.3 Å². The van der Waals surface area contributed by atoms with Crippen LogP contribution >= 0.6 is 0 Å². The predicted octanol–water partition coefficient (Wildman–Crippen LogP) is 0.418. The van der Waals surface area contributed by atoms with E-state index in [0.29, 0.717) is 6.04 Å². The molecule has 0 aromatic carbocycles. The maximum atomic E-state index is 11.1. The molecule has 2 aliphatic rings. The second-order valence-corrected chi connectivity index (χ2v) is 4.69. The van der Waals surface area contributed by atoms with Crippen LogP contribution in [0.25, 0.3) is 0 Å². The van der Waals surface area contributed by atoms with Crippen LogP contribution in [-0.4, -0.2) is 40.3 Å². The zero-order valence-electron chi connectivity index (χ0n) is 9.15. The quantitative estimate of drug-likeness (QED) is 0.775. The van der Waals surface area contributed by atoms with E-state index in [4.69, 9.17) is 0 Å². The number of rotatable bonds is 3. The monoisotopic (exact) mass is 220 g/mol. The molecule has 5 nitrogen and oxygen atoms in total. The number of nitrogens with one attached hydrogen (secondary N) is 2. The summed E-state index contributed by atoms with van der Waals surface area (Å²) in [6.45, 7) is 2.27. The maximum absolute atomic E-state index is 11.1. The van der Waals surface area contributed by atoms with E-state index < -0.39 is 0 Å². The Bertz CT molecular complexity index is 426. The van der Waals surface area contributed by atoms with Gasteiger partial charge in [0.25, 0.3) is 5.56 Å². The molecule has 86 valence electrons. The van der Waals surface area contributed by atoms with Crippen molar-refractivity contribution in [1.29, 1.82) is 0 Å². The van der Waals surface area contributed by atoms with Gasteiger partial charge in [-0.1, -0.05) is 0 Å². The van der Waals surface area contributed by atoms with Crippen LogP contribution < -0.4 is 10.9 Å². The number of hydrogen-bond acceptors (Lipinski definition) is 4. The van der Waals surface area contributed by atoms with Gasteiger partial charge < -0.3 is 5.32 Å². The predicted molar refractivity (Wildman–Crippen MR) is 61.5 cm³/mol. The largest absolute Gasteiger partial charge is 0.380 e. The van der Waals surface area contributed by atoms with Crippen LogP contribution in [0.15, 0.2) is 17.1 Å². The molecule has 3 rings (SSSR count). The molecule has 5 heteroatoms. The Hall–Kier alpha value is -1.36. The van der Waals surface area contributed by atoms with Crippen molar-refractivity contribution in [2.45, 2.75) is 31.3 Å². The Morgan fingerprint density at radius 1 is 1.44 bits per heavy atom. The van der Waals surface area contributed by atoms with E-state index in [1.807, 2.05) is 0 Å². The highest BCUT2D eigenvalue weighted by Gasteiger charge is 2.34. The molecule has 0 amide bonds. The van der Waals surface area contributed by atoms with E-state index in [9.17, 15) is 4.79 Å². The molecule has 2 fully saturated rings. The molecule has 1 saturated heterocycles. The summed E-state index contributed by atoms with van der Waals surface area (Å²) in [7, 11) is 0. The average molecular weight is 220 g/mol. The molecule has 0 radical (unpaired) electrons. The standard InChI is InChI=1S/C11H16N4O/c16-11-5-9(6-12-14-11)13-8-3-4-15(7-8)10-1-2-10/h5-6,8,10H,1-4,7H2,(H2,13,14,16). The van der Waals surface area contributed by atoms with Gasteiger partial charge in [-0.15, -0.1) is 0 Å². The number of H-pyrrole nitrogens is 1. The zero-order valence-corrected chi connectivity index (χ0v) is 9.15. The first kappa shape index (κ1) is 9.84. The molecule has 1 aromatic rings. The number of nitrogens with zero attached hydrogens (tertiary/aromatic N) is 2. The molecule has 0 bridgehead atoms. The average Bonchev–Trinajstić information content (AvgIpc) is 3.01. The van der Waals surface area contributed by atoms with E-state index in [-0.39, 0.29) is 5.56 Å². The van der Waals surface area contributed by atoms with Crippen LogP contribution in [0.1, 0.15) is 19.3 Å². The molecular formula is C11H16N4O. The van der Waals surface area contributed by atoms with Crippen LogP contribution in [0, 0.1) is 0 Å². The van der Waals surface area contributed by atoms with E-state index >= 15 is 0 Å². The molecule has 16 heavy (non-hydrogen) atoms. The van der Waals surface area contributed by atoms with E-state index in [1.54, 1.807) is 12.3 Å². The van der Waals surface area contributed by atoms with Crippen molar-refractivity contribution in [2.24, 2.45) is 0 Å². The lowest BCUT2D eigenvalue weighted by atomic mass is 10.2. The lowest BCUT2D eigenvalue weighted by Crippen LogP contribution is -2.28. The summed E-state index contributed by atoms with van der Waals surface area (Å²) in [5.74, 6) is 0. The smallest absolute Gasteiger partial charge is 0.266 e. The maximum Gasteiger partial charge on any atom is 0.266 e. The summed E-state index contributed by atoms with van der Waals surface area (Å²) in [5, 5.41) is 9.53. The molecule has 1 saturated carbocycles. The molecular weight excluding hydrogens is 204 g/mol. The lowest BCUT2D eigenvalue weighted by Gasteiger charge is -2.16. The summed E-state index contributed by atoms with van der Waals surface area (Å²) in [6.07, 6.45) is 5.54.